The number of unbranched alkanes of at least 4 members (excludes halogenated alkanes) is 15. The first-order valence-electron chi connectivity index (χ1n) is 20.0. The number of hydrogen-bond acceptors (Lipinski definition) is 3. The summed E-state index contributed by atoms with van der Waals surface area (Å²) < 4.78 is 13.8. The fourth-order valence-corrected chi connectivity index (χ4v) is 30.4. The zero-order valence-corrected chi connectivity index (χ0v) is 36.4. The van der Waals surface area contributed by atoms with Crippen LogP contribution in [0.2, 0.25) is 33.0 Å². The van der Waals surface area contributed by atoms with E-state index in [1.165, 1.54) is 159 Å². The Morgan fingerprint density at radius 3 is 1.44 bits per heavy atom. The molecule has 0 fully saturated rings. The van der Waals surface area contributed by atoms with Crippen LogP contribution in [-0.2, 0) is 4.74 Å². The zero-order chi connectivity index (χ0) is 33.4. The van der Waals surface area contributed by atoms with Crippen LogP contribution >= 0.6 is 11.3 Å². The molecule has 0 aromatic carbocycles. The second kappa shape index (κ2) is 26.1. The van der Waals surface area contributed by atoms with Gasteiger partial charge in [0.1, 0.15) is 0 Å². The van der Waals surface area contributed by atoms with Gasteiger partial charge in [-0.1, -0.05) is 52.4 Å². The van der Waals surface area contributed by atoms with Crippen LogP contribution in [0.4, 0.5) is 0 Å². The van der Waals surface area contributed by atoms with Crippen molar-refractivity contribution in [2.45, 2.75) is 209 Å². The van der Waals surface area contributed by atoms with Crippen LogP contribution < -0.4 is 7.39 Å². The zero-order valence-electron chi connectivity index (χ0n) is 31.8. The summed E-state index contributed by atoms with van der Waals surface area (Å²) in [4.78, 5) is 14.0. The maximum absolute atomic E-state index is 14.0. The fraction of sp³-hybridized carbons (Fsp3) is 0.875. The number of carbonyl (C=O) groups is 1. The molecular weight excluding hydrogens is 691 g/mol. The summed E-state index contributed by atoms with van der Waals surface area (Å²) in [7, 11) is -1.68. The van der Waals surface area contributed by atoms with E-state index in [9.17, 15) is 4.79 Å². The third-order valence-electron chi connectivity index (χ3n) is 10.1. The first-order valence-corrected chi connectivity index (χ1v) is 31.8. The molecule has 5 heteroatoms. The summed E-state index contributed by atoms with van der Waals surface area (Å²) >= 11 is -0.516. The number of hydrogen-bond donors (Lipinski definition) is 0. The van der Waals surface area contributed by atoms with Gasteiger partial charge in [0, 0.05) is 0 Å². The molecule has 0 amide bonds. The second-order valence-corrected chi connectivity index (χ2v) is 36.1. The van der Waals surface area contributed by atoms with E-state index < -0.39 is 26.5 Å². The molecule has 1 heterocycles. The molecule has 1 aromatic rings. The molecule has 45 heavy (non-hydrogen) atoms. The van der Waals surface area contributed by atoms with E-state index in [1.54, 1.807) is 2.89 Å². The van der Waals surface area contributed by atoms with Crippen molar-refractivity contribution in [2.75, 3.05) is 6.61 Å². The SMILES string of the molecule is CCCCCCCCCCC(CCCCCCCC)COC(=O)c1c[c]([Sn]([CH2]CCC)([CH2]CCC)[CH2]CCC)sc1[Si](C)(C)C. The van der Waals surface area contributed by atoms with E-state index in [1.807, 2.05) is 0 Å². The van der Waals surface area contributed by atoms with Crippen LogP contribution in [0, 0.1) is 5.92 Å². The first-order chi connectivity index (χ1) is 21.7. The number of carbonyl (C=O) groups excluding carboxylic acids is 1. The van der Waals surface area contributed by atoms with Gasteiger partial charge in [0.15, 0.2) is 0 Å². The van der Waals surface area contributed by atoms with Crippen molar-refractivity contribution < 1.29 is 9.53 Å². The van der Waals surface area contributed by atoms with Crippen molar-refractivity contribution >= 4 is 51.2 Å². The van der Waals surface area contributed by atoms with Gasteiger partial charge in [0.05, 0.1) is 0 Å². The third kappa shape index (κ3) is 18.0. The number of esters is 1. The van der Waals surface area contributed by atoms with E-state index in [-0.39, 0.29) is 5.97 Å². The minimum absolute atomic E-state index is 0.000424. The number of ether oxygens (including phenoxy) is 1. The number of rotatable bonds is 30. The minimum atomic E-state index is -2.61. The quantitative estimate of drug-likeness (QED) is 0.0442. The van der Waals surface area contributed by atoms with E-state index in [0.717, 1.165) is 5.56 Å². The Morgan fingerprint density at radius 2 is 1.04 bits per heavy atom. The van der Waals surface area contributed by atoms with E-state index in [2.05, 4.69) is 71.7 Å². The van der Waals surface area contributed by atoms with Crippen molar-refractivity contribution in [1.29, 1.82) is 0 Å². The van der Waals surface area contributed by atoms with Crippen molar-refractivity contribution in [3.05, 3.63) is 11.6 Å². The average Bonchev–Trinajstić information content (AvgIpc) is 3.49. The van der Waals surface area contributed by atoms with Crippen molar-refractivity contribution in [2.24, 2.45) is 5.92 Å². The Morgan fingerprint density at radius 1 is 0.644 bits per heavy atom. The summed E-state index contributed by atoms with van der Waals surface area (Å²) in [5, 5.41) is 0. The summed E-state index contributed by atoms with van der Waals surface area (Å²) in [5.74, 6) is 0.519. The molecule has 0 radical (unpaired) electrons. The Balaban J connectivity index is 3.06. The Kier molecular flexibility index (Phi) is 25.1. The fourth-order valence-electron chi connectivity index (χ4n) is 7.01. The molecule has 1 atom stereocenters. The molecule has 0 spiro atoms. The average molecular weight is 770 g/mol. The van der Waals surface area contributed by atoms with Crippen LogP contribution in [0.15, 0.2) is 6.07 Å². The molecule has 1 aromatic heterocycles. The van der Waals surface area contributed by atoms with Crippen LogP contribution in [0.25, 0.3) is 0 Å². The summed E-state index contributed by atoms with van der Waals surface area (Å²) in [6, 6.07) is 2.43. The monoisotopic (exact) mass is 770 g/mol. The maximum atomic E-state index is 14.0. The Hall–Kier alpha value is 0.186. The molecule has 0 saturated carbocycles. The Labute approximate surface area is 291 Å². The van der Waals surface area contributed by atoms with Gasteiger partial charge in [0.25, 0.3) is 0 Å². The van der Waals surface area contributed by atoms with Gasteiger partial charge in [-0.25, -0.2) is 0 Å². The first kappa shape index (κ1) is 43.2. The molecule has 1 rings (SSSR count). The van der Waals surface area contributed by atoms with E-state index in [0.29, 0.717) is 12.5 Å². The molecule has 264 valence electrons. The van der Waals surface area contributed by atoms with Gasteiger partial charge in [-0.2, -0.15) is 0 Å². The number of thiophene rings is 1. The summed E-state index contributed by atoms with van der Waals surface area (Å²) in [6.07, 6.45) is 29.3. The molecule has 1 unspecified atom stereocenters. The van der Waals surface area contributed by atoms with Crippen molar-refractivity contribution in [1.82, 2.24) is 0 Å². The molecule has 0 saturated heterocycles. The topological polar surface area (TPSA) is 26.3 Å². The van der Waals surface area contributed by atoms with Crippen molar-refractivity contribution in [3.8, 4) is 0 Å². The predicted octanol–water partition coefficient (Wildman–Crippen LogP) is 13.4. The van der Waals surface area contributed by atoms with Crippen LogP contribution in [0.3, 0.4) is 0 Å². The predicted molar refractivity (Wildman–Crippen MR) is 211 cm³/mol. The van der Waals surface area contributed by atoms with E-state index >= 15 is 0 Å². The third-order valence-corrected chi connectivity index (χ3v) is 33.0. The second-order valence-electron chi connectivity index (χ2n) is 15.5. The van der Waals surface area contributed by atoms with Gasteiger partial charge >= 0.3 is 241 Å². The summed E-state index contributed by atoms with van der Waals surface area (Å²) in [6.45, 7) is 19.6. The van der Waals surface area contributed by atoms with Crippen molar-refractivity contribution in [3.63, 3.8) is 0 Å². The standard InChI is InChI=1S/C28H51O2SSi.3C4H9.Sn/c1-6-8-10-12-14-15-17-19-21-25(20-18-16-13-11-9-7-2)24-30-27(29)26-22-23-31-28(26)32(3,4)5;3*1-3-4-2;/h22,25H,6-21,24H2,1-5H3;3*1,3-4H2,2H3;. The molecule has 0 N–H and O–H groups in total. The molecule has 2 nitrogen and oxygen atoms in total. The normalized spacial score (nSPS) is 13.0. The van der Waals surface area contributed by atoms with Gasteiger partial charge in [-0.05, 0) is 0 Å². The van der Waals surface area contributed by atoms with Gasteiger partial charge < -0.3 is 0 Å². The Bertz CT molecular complexity index is 839. The molecule has 0 aliphatic carbocycles. The molecule has 0 bridgehead atoms. The van der Waals surface area contributed by atoms with Gasteiger partial charge in [-0.3, -0.25) is 0 Å². The van der Waals surface area contributed by atoms with Crippen LogP contribution in [0.5, 0.6) is 0 Å². The van der Waals surface area contributed by atoms with Crippen LogP contribution in [0.1, 0.15) is 186 Å². The molecule has 0 aliphatic heterocycles. The van der Waals surface area contributed by atoms with E-state index in [4.69, 9.17) is 4.74 Å². The molecular formula is C40H78O2SSiSn. The van der Waals surface area contributed by atoms with Gasteiger partial charge in [-0.15, -0.1) is 0 Å². The van der Waals surface area contributed by atoms with Gasteiger partial charge in [0.2, 0.25) is 0 Å². The van der Waals surface area contributed by atoms with Crippen LogP contribution in [-0.4, -0.2) is 39.0 Å². The molecule has 0 aliphatic rings. The summed E-state index contributed by atoms with van der Waals surface area (Å²) in [5.41, 5.74) is 0.977.